The highest BCUT2D eigenvalue weighted by Crippen LogP contribution is 2.22. The molecule has 1 N–H and O–H groups in total. The smallest absolute Gasteiger partial charge is 0.0762 e. The van der Waals surface area contributed by atoms with Crippen molar-refractivity contribution in [2.75, 3.05) is 0 Å². The van der Waals surface area contributed by atoms with Crippen molar-refractivity contribution in [2.45, 2.75) is 33.0 Å². The second-order valence-electron chi connectivity index (χ2n) is 4.18. The van der Waals surface area contributed by atoms with Gasteiger partial charge in [-0.15, -0.1) is 11.3 Å². The van der Waals surface area contributed by atoms with E-state index in [0.29, 0.717) is 6.04 Å². The van der Waals surface area contributed by atoms with E-state index >= 15 is 0 Å². The van der Waals surface area contributed by atoms with Crippen LogP contribution in [0.2, 0.25) is 0 Å². The quantitative estimate of drug-likeness (QED) is 0.914. The van der Waals surface area contributed by atoms with Gasteiger partial charge in [0.2, 0.25) is 0 Å². The molecule has 0 radical (unpaired) electrons. The lowest BCUT2D eigenvalue weighted by Crippen LogP contribution is -2.13. The molecule has 0 saturated carbocycles. The van der Waals surface area contributed by atoms with Gasteiger partial charge in [-0.2, -0.15) is 5.10 Å². The van der Waals surface area contributed by atoms with Crippen LogP contribution in [0, 0.1) is 0 Å². The molecule has 0 fully saturated rings. The van der Waals surface area contributed by atoms with Crippen LogP contribution in [-0.4, -0.2) is 9.78 Å². The lowest BCUT2D eigenvalue weighted by Gasteiger charge is -2.04. The van der Waals surface area contributed by atoms with Gasteiger partial charge in [0.1, 0.15) is 0 Å². The number of halogens is 1. The van der Waals surface area contributed by atoms with Crippen molar-refractivity contribution in [1.29, 1.82) is 0 Å². The van der Waals surface area contributed by atoms with Gasteiger partial charge < -0.3 is 5.32 Å². The molecule has 2 aromatic rings. The zero-order valence-electron chi connectivity index (χ0n) is 9.98. The van der Waals surface area contributed by atoms with Gasteiger partial charge in [-0.05, 0) is 47.3 Å². The first kappa shape index (κ1) is 12.8. The molecular formula is C12H16BrN3S. The molecule has 92 valence electrons. The summed E-state index contributed by atoms with van der Waals surface area (Å²) in [5.74, 6) is 0. The standard InChI is InChI=1S/C12H16BrN3S/c1-9(2)16-5-3-10(15-16)7-14-8-12-11(13)4-6-17-12/h3-6,9,14H,7-8H2,1-2H3. The predicted octanol–water partition coefficient (Wildman–Crippen LogP) is 3.58. The number of rotatable bonds is 5. The van der Waals surface area contributed by atoms with Gasteiger partial charge in [-0.1, -0.05) is 0 Å². The van der Waals surface area contributed by atoms with Crippen molar-refractivity contribution in [2.24, 2.45) is 0 Å². The minimum absolute atomic E-state index is 0.426. The zero-order valence-corrected chi connectivity index (χ0v) is 12.4. The Balaban J connectivity index is 1.84. The summed E-state index contributed by atoms with van der Waals surface area (Å²) >= 11 is 5.29. The fourth-order valence-corrected chi connectivity index (χ4v) is 2.98. The Morgan fingerprint density at radius 2 is 2.24 bits per heavy atom. The first-order chi connectivity index (χ1) is 8.16. The summed E-state index contributed by atoms with van der Waals surface area (Å²) in [6.45, 7) is 5.96. The number of hydrogen-bond donors (Lipinski definition) is 1. The van der Waals surface area contributed by atoms with Crippen LogP contribution >= 0.6 is 27.3 Å². The zero-order chi connectivity index (χ0) is 12.3. The summed E-state index contributed by atoms with van der Waals surface area (Å²) < 4.78 is 3.17. The molecule has 0 aliphatic rings. The minimum Gasteiger partial charge on any atom is -0.306 e. The molecule has 0 spiro atoms. The third kappa shape index (κ3) is 3.40. The van der Waals surface area contributed by atoms with Crippen LogP contribution in [0.1, 0.15) is 30.5 Å². The normalized spacial score (nSPS) is 11.3. The van der Waals surface area contributed by atoms with E-state index in [9.17, 15) is 0 Å². The van der Waals surface area contributed by atoms with E-state index in [1.54, 1.807) is 11.3 Å². The number of nitrogens with one attached hydrogen (secondary N) is 1. The van der Waals surface area contributed by atoms with Gasteiger partial charge in [-0.3, -0.25) is 4.68 Å². The first-order valence-electron chi connectivity index (χ1n) is 5.63. The fourth-order valence-electron chi connectivity index (χ4n) is 1.51. The summed E-state index contributed by atoms with van der Waals surface area (Å²) in [6, 6.07) is 4.57. The Kier molecular flexibility index (Phi) is 4.36. The largest absolute Gasteiger partial charge is 0.306 e. The summed E-state index contributed by atoms with van der Waals surface area (Å²) in [5.41, 5.74) is 1.09. The van der Waals surface area contributed by atoms with Crippen molar-refractivity contribution < 1.29 is 0 Å². The van der Waals surface area contributed by atoms with E-state index in [4.69, 9.17) is 0 Å². The van der Waals surface area contributed by atoms with E-state index in [1.807, 2.05) is 10.9 Å². The van der Waals surface area contributed by atoms with Gasteiger partial charge in [0.25, 0.3) is 0 Å². The number of nitrogens with zero attached hydrogens (tertiary/aromatic N) is 2. The van der Waals surface area contributed by atoms with Crippen molar-refractivity contribution in [3.8, 4) is 0 Å². The summed E-state index contributed by atoms with van der Waals surface area (Å²) in [7, 11) is 0. The highest BCUT2D eigenvalue weighted by atomic mass is 79.9. The lowest BCUT2D eigenvalue weighted by molar-refractivity contribution is 0.521. The van der Waals surface area contributed by atoms with Gasteiger partial charge in [-0.25, -0.2) is 0 Å². The lowest BCUT2D eigenvalue weighted by atomic mass is 10.4. The Labute approximate surface area is 114 Å². The van der Waals surface area contributed by atoms with Crippen molar-refractivity contribution >= 4 is 27.3 Å². The Hall–Kier alpha value is -0.650. The molecule has 0 saturated heterocycles. The van der Waals surface area contributed by atoms with Crippen LogP contribution in [0.5, 0.6) is 0 Å². The summed E-state index contributed by atoms with van der Waals surface area (Å²) in [5, 5.41) is 9.99. The predicted molar refractivity (Wildman–Crippen MR) is 75.2 cm³/mol. The number of aromatic nitrogens is 2. The van der Waals surface area contributed by atoms with E-state index < -0.39 is 0 Å². The second kappa shape index (κ2) is 5.80. The molecule has 17 heavy (non-hydrogen) atoms. The topological polar surface area (TPSA) is 29.9 Å². The summed E-state index contributed by atoms with van der Waals surface area (Å²) in [6.07, 6.45) is 2.03. The Morgan fingerprint density at radius 3 is 2.82 bits per heavy atom. The van der Waals surface area contributed by atoms with Crippen LogP contribution in [0.15, 0.2) is 28.2 Å². The van der Waals surface area contributed by atoms with E-state index in [1.165, 1.54) is 9.35 Å². The highest BCUT2D eigenvalue weighted by Gasteiger charge is 2.03. The molecule has 0 atom stereocenters. The van der Waals surface area contributed by atoms with E-state index in [2.05, 4.69) is 57.7 Å². The van der Waals surface area contributed by atoms with Crippen LogP contribution in [0.4, 0.5) is 0 Å². The van der Waals surface area contributed by atoms with Crippen LogP contribution < -0.4 is 5.32 Å². The van der Waals surface area contributed by atoms with Crippen molar-refractivity contribution in [3.63, 3.8) is 0 Å². The molecule has 0 aromatic carbocycles. The molecule has 0 bridgehead atoms. The van der Waals surface area contributed by atoms with Gasteiger partial charge in [0.15, 0.2) is 0 Å². The van der Waals surface area contributed by atoms with Crippen LogP contribution in [0.3, 0.4) is 0 Å². The maximum atomic E-state index is 4.50. The molecule has 0 unspecified atom stereocenters. The molecule has 2 aromatic heterocycles. The molecular weight excluding hydrogens is 298 g/mol. The van der Waals surface area contributed by atoms with Gasteiger partial charge in [0, 0.05) is 34.7 Å². The summed E-state index contributed by atoms with van der Waals surface area (Å²) in [4.78, 5) is 1.33. The van der Waals surface area contributed by atoms with Gasteiger partial charge in [0.05, 0.1) is 5.69 Å². The third-order valence-electron chi connectivity index (χ3n) is 2.48. The molecule has 0 amide bonds. The maximum Gasteiger partial charge on any atom is 0.0762 e. The minimum atomic E-state index is 0.426. The molecule has 0 aliphatic heterocycles. The highest BCUT2D eigenvalue weighted by molar-refractivity contribution is 9.10. The SMILES string of the molecule is CC(C)n1ccc(CNCc2sccc2Br)n1. The number of hydrogen-bond acceptors (Lipinski definition) is 3. The van der Waals surface area contributed by atoms with Crippen molar-refractivity contribution in [1.82, 2.24) is 15.1 Å². The number of thiophene rings is 1. The molecule has 2 heterocycles. The molecule has 5 heteroatoms. The average molecular weight is 314 g/mol. The third-order valence-corrected chi connectivity index (χ3v) is 4.40. The first-order valence-corrected chi connectivity index (χ1v) is 7.30. The average Bonchev–Trinajstić information content (AvgIpc) is 2.89. The van der Waals surface area contributed by atoms with Crippen LogP contribution in [-0.2, 0) is 13.1 Å². The Bertz CT molecular complexity index is 476. The second-order valence-corrected chi connectivity index (χ2v) is 6.03. The fraction of sp³-hybridized carbons (Fsp3) is 0.417. The van der Waals surface area contributed by atoms with E-state index in [-0.39, 0.29) is 0 Å². The molecule has 3 nitrogen and oxygen atoms in total. The Morgan fingerprint density at radius 1 is 1.41 bits per heavy atom. The molecule has 2 rings (SSSR count). The van der Waals surface area contributed by atoms with E-state index in [0.717, 1.165) is 18.8 Å². The van der Waals surface area contributed by atoms with Crippen LogP contribution in [0.25, 0.3) is 0 Å². The maximum absolute atomic E-state index is 4.50. The van der Waals surface area contributed by atoms with Crippen molar-refractivity contribution in [3.05, 3.63) is 38.8 Å². The monoisotopic (exact) mass is 313 g/mol. The van der Waals surface area contributed by atoms with Gasteiger partial charge >= 0.3 is 0 Å². The molecule has 0 aliphatic carbocycles.